The number of likely N-dealkylation sites (N-methyl/N-ethyl adjacent to an activating group) is 1. The van der Waals surface area contributed by atoms with E-state index in [1.54, 1.807) is 11.7 Å². The van der Waals surface area contributed by atoms with Crippen LogP contribution in [0.5, 0.6) is 0 Å². The van der Waals surface area contributed by atoms with Crippen LogP contribution in [0.2, 0.25) is 0 Å². The van der Waals surface area contributed by atoms with E-state index in [4.69, 9.17) is 0 Å². The van der Waals surface area contributed by atoms with E-state index in [0.717, 1.165) is 13.0 Å². The first kappa shape index (κ1) is 14.8. The third-order valence-electron chi connectivity index (χ3n) is 3.69. The Morgan fingerprint density at radius 3 is 2.80 bits per heavy atom. The van der Waals surface area contributed by atoms with Crippen molar-refractivity contribution in [3.8, 4) is 0 Å². The molecule has 20 heavy (non-hydrogen) atoms. The molecule has 7 heteroatoms. The van der Waals surface area contributed by atoms with E-state index in [1.165, 1.54) is 12.8 Å². The highest BCUT2D eigenvalue weighted by atomic mass is 16.6. The Kier molecular flexibility index (Phi) is 4.59. The molecule has 1 N–H and O–H groups in total. The van der Waals surface area contributed by atoms with E-state index >= 15 is 0 Å². The summed E-state index contributed by atoms with van der Waals surface area (Å²) in [5.41, 5.74) is 0.696. The van der Waals surface area contributed by atoms with Crippen LogP contribution in [-0.4, -0.2) is 45.8 Å². The van der Waals surface area contributed by atoms with Crippen molar-refractivity contribution >= 4 is 11.5 Å². The SMILES string of the molecule is CCCc1nn(C)c(NCCN(C)C2CC2)c1[N+](=O)[O-]. The molecule has 0 amide bonds. The zero-order chi connectivity index (χ0) is 14.7. The van der Waals surface area contributed by atoms with Crippen LogP contribution < -0.4 is 5.32 Å². The average Bonchev–Trinajstić information content (AvgIpc) is 3.17. The molecule has 112 valence electrons. The molecule has 0 unspecified atom stereocenters. The lowest BCUT2D eigenvalue weighted by atomic mass is 10.2. The Labute approximate surface area is 119 Å². The summed E-state index contributed by atoms with van der Waals surface area (Å²) in [4.78, 5) is 13.2. The van der Waals surface area contributed by atoms with Gasteiger partial charge in [0.1, 0.15) is 5.69 Å². The minimum Gasteiger partial charge on any atom is -0.363 e. The summed E-state index contributed by atoms with van der Waals surface area (Å²) in [6.45, 7) is 3.57. The van der Waals surface area contributed by atoms with Crippen molar-refractivity contribution in [2.75, 3.05) is 25.5 Å². The summed E-state index contributed by atoms with van der Waals surface area (Å²) in [7, 11) is 3.85. The number of nitrogens with zero attached hydrogens (tertiary/aromatic N) is 4. The average molecular weight is 281 g/mol. The van der Waals surface area contributed by atoms with E-state index in [1.807, 2.05) is 6.92 Å². The van der Waals surface area contributed by atoms with Gasteiger partial charge in [-0.3, -0.25) is 10.1 Å². The molecule has 1 aromatic heterocycles. The van der Waals surface area contributed by atoms with Gasteiger partial charge < -0.3 is 10.2 Å². The van der Waals surface area contributed by atoms with Crippen LogP contribution in [0.4, 0.5) is 11.5 Å². The lowest BCUT2D eigenvalue weighted by molar-refractivity contribution is -0.384. The number of anilines is 1. The van der Waals surface area contributed by atoms with Gasteiger partial charge in [-0.05, 0) is 26.3 Å². The Bertz CT molecular complexity index is 481. The largest absolute Gasteiger partial charge is 0.363 e. The lowest BCUT2D eigenvalue weighted by Crippen LogP contribution is -2.27. The van der Waals surface area contributed by atoms with Crippen LogP contribution in [-0.2, 0) is 13.5 Å². The maximum atomic E-state index is 11.2. The van der Waals surface area contributed by atoms with E-state index in [2.05, 4.69) is 22.4 Å². The quantitative estimate of drug-likeness (QED) is 0.580. The van der Waals surface area contributed by atoms with E-state index in [0.29, 0.717) is 30.5 Å². The predicted octanol–water partition coefficient (Wildman–Crippen LogP) is 1.79. The van der Waals surface area contributed by atoms with Gasteiger partial charge in [0.2, 0.25) is 5.82 Å². The number of aryl methyl sites for hydroxylation is 2. The van der Waals surface area contributed by atoms with Crippen LogP contribution in [0, 0.1) is 10.1 Å². The summed E-state index contributed by atoms with van der Waals surface area (Å²) in [5.74, 6) is 0.516. The standard InChI is InChI=1S/C13H23N5O2/c1-4-5-11-12(18(19)20)13(17(3)15-11)14-8-9-16(2)10-6-7-10/h10,14H,4-9H2,1-3H3. The Hall–Kier alpha value is -1.63. The zero-order valence-electron chi connectivity index (χ0n) is 12.4. The Morgan fingerprint density at radius 1 is 1.55 bits per heavy atom. The van der Waals surface area contributed by atoms with Crippen LogP contribution >= 0.6 is 0 Å². The Balaban J connectivity index is 2.03. The summed E-state index contributed by atoms with van der Waals surface area (Å²) in [5, 5.41) is 18.7. The Morgan fingerprint density at radius 2 is 2.25 bits per heavy atom. The third kappa shape index (κ3) is 3.27. The molecule has 1 aromatic rings. The summed E-state index contributed by atoms with van der Waals surface area (Å²) >= 11 is 0. The van der Waals surface area contributed by atoms with Crippen molar-refractivity contribution in [1.29, 1.82) is 0 Å². The van der Waals surface area contributed by atoms with Gasteiger partial charge in [0, 0.05) is 26.2 Å². The van der Waals surface area contributed by atoms with Crippen LogP contribution in [0.1, 0.15) is 31.9 Å². The number of nitro groups is 1. The van der Waals surface area contributed by atoms with Gasteiger partial charge in [0.05, 0.1) is 4.92 Å². The second-order valence-corrected chi connectivity index (χ2v) is 5.41. The second kappa shape index (κ2) is 6.21. The molecule has 2 rings (SSSR count). The van der Waals surface area contributed by atoms with Gasteiger partial charge in [-0.2, -0.15) is 5.10 Å². The van der Waals surface area contributed by atoms with Crippen molar-refractivity contribution in [1.82, 2.24) is 14.7 Å². The number of rotatable bonds is 8. The molecule has 1 heterocycles. The van der Waals surface area contributed by atoms with Gasteiger partial charge in [0.15, 0.2) is 0 Å². The van der Waals surface area contributed by atoms with Gasteiger partial charge in [-0.25, -0.2) is 4.68 Å². The van der Waals surface area contributed by atoms with Gasteiger partial charge in [0.25, 0.3) is 0 Å². The minimum absolute atomic E-state index is 0.128. The highest BCUT2D eigenvalue weighted by molar-refractivity contribution is 5.59. The molecule has 1 aliphatic rings. The molecule has 0 aromatic carbocycles. The fraction of sp³-hybridized carbons (Fsp3) is 0.769. The first-order valence-electron chi connectivity index (χ1n) is 7.19. The highest BCUT2D eigenvalue weighted by Gasteiger charge is 2.27. The number of hydrogen-bond donors (Lipinski definition) is 1. The number of hydrogen-bond acceptors (Lipinski definition) is 5. The summed E-state index contributed by atoms with van der Waals surface area (Å²) in [6, 6.07) is 0.703. The van der Waals surface area contributed by atoms with E-state index in [9.17, 15) is 10.1 Å². The fourth-order valence-corrected chi connectivity index (χ4v) is 2.41. The maximum Gasteiger partial charge on any atom is 0.333 e. The topological polar surface area (TPSA) is 76.2 Å². The van der Waals surface area contributed by atoms with Gasteiger partial charge in [-0.1, -0.05) is 13.3 Å². The van der Waals surface area contributed by atoms with Gasteiger partial charge >= 0.3 is 5.69 Å². The summed E-state index contributed by atoms with van der Waals surface area (Å²) < 4.78 is 1.58. The maximum absolute atomic E-state index is 11.2. The monoisotopic (exact) mass is 281 g/mol. The lowest BCUT2D eigenvalue weighted by Gasteiger charge is -2.15. The molecule has 0 saturated heterocycles. The predicted molar refractivity (Wildman–Crippen MR) is 78.0 cm³/mol. The molecule has 0 bridgehead atoms. The molecule has 0 aliphatic heterocycles. The minimum atomic E-state index is -0.328. The fourth-order valence-electron chi connectivity index (χ4n) is 2.41. The molecule has 1 fully saturated rings. The van der Waals surface area contributed by atoms with E-state index in [-0.39, 0.29) is 10.6 Å². The molecular formula is C13H23N5O2. The summed E-state index contributed by atoms with van der Waals surface area (Å²) in [6.07, 6.45) is 4.02. The number of nitrogens with one attached hydrogen (secondary N) is 1. The molecule has 0 atom stereocenters. The first-order chi connectivity index (χ1) is 9.54. The smallest absolute Gasteiger partial charge is 0.333 e. The van der Waals surface area contributed by atoms with Crippen molar-refractivity contribution < 1.29 is 4.92 Å². The van der Waals surface area contributed by atoms with Gasteiger partial charge in [-0.15, -0.1) is 0 Å². The number of aromatic nitrogens is 2. The van der Waals surface area contributed by atoms with E-state index < -0.39 is 0 Å². The normalized spacial score (nSPS) is 14.8. The van der Waals surface area contributed by atoms with Crippen LogP contribution in [0.15, 0.2) is 0 Å². The second-order valence-electron chi connectivity index (χ2n) is 5.41. The molecule has 0 spiro atoms. The van der Waals surface area contributed by atoms with Crippen molar-refractivity contribution in [2.24, 2.45) is 7.05 Å². The van der Waals surface area contributed by atoms with Crippen molar-refractivity contribution in [3.05, 3.63) is 15.8 Å². The van der Waals surface area contributed by atoms with Crippen LogP contribution in [0.25, 0.3) is 0 Å². The highest BCUT2D eigenvalue weighted by Crippen LogP contribution is 2.29. The molecule has 1 aliphatic carbocycles. The van der Waals surface area contributed by atoms with Crippen molar-refractivity contribution in [3.63, 3.8) is 0 Å². The molecular weight excluding hydrogens is 258 g/mol. The molecule has 7 nitrogen and oxygen atoms in total. The molecule has 0 radical (unpaired) electrons. The first-order valence-corrected chi connectivity index (χ1v) is 7.19. The van der Waals surface area contributed by atoms with Crippen LogP contribution in [0.3, 0.4) is 0 Å². The van der Waals surface area contributed by atoms with Crippen molar-refractivity contribution in [2.45, 2.75) is 38.6 Å². The molecule has 1 saturated carbocycles. The third-order valence-corrected chi connectivity index (χ3v) is 3.69. The zero-order valence-corrected chi connectivity index (χ0v) is 12.4.